The highest BCUT2D eigenvalue weighted by atomic mass is 35.5. The molecule has 0 N–H and O–H groups in total. The fraction of sp³-hybridized carbons (Fsp3) is 0.667. The van der Waals surface area contributed by atoms with Crippen molar-refractivity contribution in [2.24, 2.45) is 11.8 Å². The van der Waals surface area contributed by atoms with Gasteiger partial charge in [-0.2, -0.15) is 0 Å². The minimum Gasteiger partial charge on any atom is -0.488 e. The first kappa shape index (κ1) is 13.7. The summed E-state index contributed by atoms with van der Waals surface area (Å²) < 4.78 is 6.13. The van der Waals surface area contributed by atoms with Crippen LogP contribution in [0.5, 0.6) is 5.75 Å². The summed E-state index contributed by atoms with van der Waals surface area (Å²) >= 11 is 5.94. The van der Waals surface area contributed by atoms with Crippen LogP contribution in [0.15, 0.2) is 12.1 Å². The Balaban J connectivity index is 2.08. The highest BCUT2D eigenvalue weighted by molar-refractivity contribution is 6.17. The van der Waals surface area contributed by atoms with Crippen molar-refractivity contribution < 1.29 is 4.74 Å². The zero-order chi connectivity index (χ0) is 13.1. The van der Waals surface area contributed by atoms with Crippen molar-refractivity contribution in [3.63, 3.8) is 0 Å². The van der Waals surface area contributed by atoms with E-state index in [0.29, 0.717) is 12.0 Å². The van der Waals surface area contributed by atoms with Crippen molar-refractivity contribution in [2.75, 3.05) is 0 Å². The fourth-order valence-electron chi connectivity index (χ4n) is 2.95. The summed E-state index contributed by atoms with van der Waals surface area (Å²) in [5.41, 5.74) is 1.85. The lowest BCUT2D eigenvalue weighted by Gasteiger charge is -2.32. The molecule has 0 radical (unpaired) electrons. The second-order valence-electron chi connectivity index (χ2n) is 5.69. The average Bonchev–Trinajstić information content (AvgIpc) is 2.30. The predicted molar refractivity (Wildman–Crippen MR) is 75.1 cm³/mol. The molecule has 1 aromatic rings. The number of hydrogen-bond acceptors (Lipinski definition) is 2. The Kier molecular flexibility index (Phi) is 4.50. The molecule has 0 amide bonds. The van der Waals surface area contributed by atoms with Crippen LogP contribution in [0.4, 0.5) is 0 Å². The molecule has 1 heterocycles. The van der Waals surface area contributed by atoms with Crippen LogP contribution >= 0.6 is 11.6 Å². The minimum atomic E-state index is 0.315. The lowest BCUT2D eigenvalue weighted by atomic mass is 9.82. The molecule has 18 heavy (non-hydrogen) atoms. The molecule has 1 saturated carbocycles. The third kappa shape index (κ3) is 3.38. The van der Waals surface area contributed by atoms with Crippen molar-refractivity contribution in [1.82, 2.24) is 4.98 Å². The van der Waals surface area contributed by atoms with Crippen LogP contribution < -0.4 is 4.74 Å². The number of alkyl halides is 1. The predicted octanol–water partition coefficient (Wildman–Crippen LogP) is 4.33. The van der Waals surface area contributed by atoms with Gasteiger partial charge in [0.1, 0.15) is 5.75 Å². The maximum Gasteiger partial charge on any atom is 0.142 e. The average molecular weight is 268 g/mol. The van der Waals surface area contributed by atoms with Gasteiger partial charge in [-0.25, -0.2) is 0 Å². The lowest BCUT2D eigenvalue weighted by molar-refractivity contribution is 0.0998. The number of rotatable bonds is 3. The number of halogens is 1. The van der Waals surface area contributed by atoms with Crippen LogP contribution in [0.1, 0.15) is 44.5 Å². The molecule has 0 aromatic carbocycles. The van der Waals surface area contributed by atoms with E-state index in [9.17, 15) is 0 Å². The van der Waals surface area contributed by atoms with Gasteiger partial charge in [-0.1, -0.05) is 13.8 Å². The van der Waals surface area contributed by atoms with Crippen molar-refractivity contribution >= 4 is 11.6 Å². The molecule has 100 valence electrons. The first-order valence-electron chi connectivity index (χ1n) is 6.77. The quantitative estimate of drug-likeness (QED) is 0.761. The maximum absolute atomic E-state index is 6.13. The topological polar surface area (TPSA) is 22.1 Å². The van der Waals surface area contributed by atoms with Gasteiger partial charge in [0.05, 0.1) is 17.7 Å². The van der Waals surface area contributed by atoms with E-state index in [1.54, 1.807) is 0 Å². The summed E-state index contributed by atoms with van der Waals surface area (Å²) in [4.78, 5) is 4.44. The molecule has 0 aliphatic heterocycles. The number of aryl methyl sites for hydroxylation is 1. The standard InChI is InChI=1S/C15H22ClNO/c1-10-6-11(2)8-13(7-10)18-15-5-4-12(3)17-14(15)9-16/h4-5,10-11,13H,6-9H2,1-3H3. The molecule has 1 aliphatic carbocycles. The summed E-state index contributed by atoms with van der Waals surface area (Å²) in [6.07, 6.45) is 3.91. The molecule has 2 unspecified atom stereocenters. The second-order valence-corrected chi connectivity index (χ2v) is 5.96. The Morgan fingerprint density at radius 1 is 1.22 bits per heavy atom. The second kappa shape index (κ2) is 5.92. The zero-order valence-corrected chi connectivity index (χ0v) is 12.2. The van der Waals surface area contributed by atoms with Gasteiger partial charge in [0.25, 0.3) is 0 Å². The van der Waals surface area contributed by atoms with Gasteiger partial charge >= 0.3 is 0 Å². The van der Waals surface area contributed by atoms with Gasteiger partial charge in [0, 0.05) is 5.69 Å². The van der Waals surface area contributed by atoms with Crippen LogP contribution in [0.3, 0.4) is 0 Å². The van der Waals surface area contributed by atoms with E-state index in [-0.39, 0.29) is 0 Å². The Labute approximate surface area is 115 Å². The van der Waals surface area contributed by atoms with E-state index >= 15 is 0 Å². The number of hydrogen-bond donors (Lipinski definition) is 0. The lowest BCUT2D eigenvalue weighted by Crippen LogP contribution is -2.28. The van der Waals surface area contributed by atoms with Crippen molar-refractivity contribution in [1.29, 1.82) is 0 Å². The van der Waals surface area contributed by atoms with Crippen molar-refractivity contribution in [3.8, 4) is 5.75 Å². The molecule has 1 aliphatic rings. The zero-order valence-electron chi connectivity index (χ0n) is 11.4. The molecule has 3 heteroatoms. The third-order valence-electron chi connectivity index (χ3n) is 3.63. The van der Waals surface area contributed by atoms with Crippen LogP contribution in [0.25, 0.3) is 0 Å². The maximum atomic E-state index is 6.13. The Morgan fingerprint density at radius 2 is 1.89 bits per heavy atom. The monoisotopic (exact) mass is 267 g/mol. The summed E-state index contributed by atoms with van der Waals surface area (Å²) in [6.45, 7) is 6.59. The van der Waals surface area contributed by atoms with E-state index in [1.807, 2.05) is 19.1 Å². The SMILES string of the molecule is Cc1ccc(OC2CC(C)CC(C)C2)c(CCl)n1. The minimum absolute atomic E-state index is 0.315. The van der Waals surface area contributed by atoms with Gasteiger partial charge in [-0.3, -0.25) is 4.98 Å². The van der Waals surface area contributed by atoms with Crippen molar-refractivity contribution in [2.45, 2.75) is 52.0 Å². The Morgan fingerprint density at radius 3 is 2.50 bits per heavy atom. The summed E-state index contributed by atoms with van der Waals surface area (Å²) in [6, 6.07) is 3.99. The molecule has 1 aromatic heterocycles. The van der Waals surface area contributed by atoms with Gasteiger partial charge in [0.15, 0.2) is 0 Å². The van der Waals surface area contributed by atoms with Crippen LogP contribution in [0.2, 0.25) is 0 Å². The van der Waals surface area contributed by atoms with Gasteiger partial charge in [-0.05, 0) is 50.2 Å². The molecule has 0 bridgehead atoms. The van der Waals surface area contributed by atoms with Crippen LogP contribution in [-0.4, -0.2) is 11.1 Å². The first-order chi connectivity index (χ1) is 8.58. The molecular formula is C15H22ClNO. The van der Waals surface area contributed by atoms with Crippen molar-refractivity contribution in [3.05, 3.63) is 23.5 Å². The molecule has 2 nitrogen and oxygen atoms in total. The number of ether oxygens (including phenoxy) is 1. The molecule has 2 atom stereocenters. The summed E-state index contributed by atoms with van der Waals surface area (Å²) in [5, 5.41) is 0. The first-order valence-corrected chi connectivity index (χ1v) is 7.31. The van der Waals surface area contributed by atoms with E-state index in [0.717, 1.165) is 41.8 Å². The fourth-order valence-corrected chi connectivity index (χ4v) is 3.14. The van der Waals surface area contributed by atoms with E-state index in [2.05, 4.69) is 18.8 Å². The third-order valence-corrected chi connectivity index (χ3v) is 3.88. The Bertz CT molecular complexity index is 397. The highest BCUT2D eigenvalue weighted by Gasteiger charge is 2.25. The van der Waals surface area contributed by atoms with Gasteiger partial charge in [0.2, 0.25) is 0 Å². The van der Waals surface area contributed by atoms with E-state index in [4.69, 9.17) is 16.3 Å². The van der Waals surface area contributed by atoms with Gasteiger partial charge < -0.3 is 4.74 Å². The number of pyridine rings is 1. The van der Waals surface area contributed by atoms with E-state index < -0.39 is 0 Å². The molecule has 0 spiro atoms. The summed E-state index contributed by atoms with van der Waals surface area (Å²) in [5.74, 6) is 2.77. The normalized spacial score (nSPS) is 28.1. The van der Waals surface area contributed by atoms with E-state index in [1.165, 1.54) is 6.42 Å². The van der Waals surface area contributed by atoms with Gasteiger partial charge in [-0.15, -0.1) is 11.6 Å². The number of aromatic nitrogens is 1. The Hall–Kier alpha value is -0.760. The molecule has 0 saturated heterocycles. The van der Waals surface area contributed by atoms with Crippen LogP contribution in [-0.2, 0) is 5.88 Å². The molecular weight excluding hydrogens is 246 g/mol. The smallest absolute Gasteiger partial charge is 0.142 e. The molecule has 2 rings (SSSR count). The number of nitrogens with zero attached hydrogens (tertiary/aromatic N) is 1. The molecule has 1 fully saturated rings. The van der Waals surface area contributed by atoms with Crippen LogP contribution in [0, 0.1) is 18.8 Å². The highest BCUT2D eigenvalue weighted by Crippen LogP contribution is 2.32. The summed E-state index contributed by atoms with van der Waals surface area (Å²) in [7, 11) is 0. The largest absolute Gasteiger partial charge is 0.488 e.